The molecule has 2 rings (SSSR count). The molecule has 2 aromatic heterocycles. The van der Waals surface area contributed by atoms with Crippen LogP contribution in [0.5, 0.6) is 0 Å². The molecular formula is C28H58N4. The van der Waals surface area contributed by atoms with Crippen molar-refractivity contribution < 1.29 is 0 Å². The first-order valence-corrected chi connectivity index (χ1v) is 12.1. The van der Waals surface area contributed by atoms with E-state index in [0.29, 0.717) is 0 Å². The Morgan fingerprint density at radius 1 is 0.781 bits per heavy atom. The fraction of sp³-hybridized carbons (Fsp3) is 0.714. The molecule has 32 heavy (non-hydrogen) atoms. The van der Waals surface area contributed by atoms with Crippen LogP contribution in [0, 0.1) is 0 Å². The van der Waals surface area contributed by atoms with Crippen LogP contribution in [-0.2, 0) is 13.0 Å². The molecule has 0 bridgehead atoms. The summed E-state index contributed by atoms with van der Waals surface area (Å²) < 4.78 is 2.01. The summed E-state index contributed by atoms with van der Waals surface area (Å²) in [7, 11) is 2.21. The highest BCUT2D eigenvalue weighted by Gasteiger charge is 1.93. The quantitative estimate of drug-likeness (QED) is 0.340. The minimum absolute atomic E-state index is 0. The number of nitrogens with zero attached hydrogens (tertiary/aromatic N) is 4. The first-order chi connectivity index (χ1) is 14.6. The second-order valence-corrected chi connectivity index (χ2v) is 7.47. The van der Waals surface area contributed by atoms with Crippen molar-refractivity contribution in [3.63, 3.8) is 0 Å². The van der Waals surface area contributed by atoms with Crippen molar-refractivity contribution in [3.05, 3.63) is 48.8 Å². The third-order valence-electron chi connectivity index (χ3n) is 4.51. The second-order valence-electron chi connectivity index (χ2n) is 7.47. The van der Waals surface area contributed by atoms with Crippen LogP contribution in [0.4, 0.5) is 0 Å². The number of aromatic nitrogens is 3. The molecule has 0 radical (unpaired) electrons. The molecule has 0 aliphatic rings. The third kappa shape index (κ3) is 28.3. The zero-order chi connectivity index (χ0) is 22.9. The van der Waals surface area contributed by atoms with Gasteiger partial charge in [0.1, 0.15) is 0 Å². The van der Waals surface area contributed by atoms with Gasteiger partial charge in [-0.05, 0) is 58.0 Å². The van der Waals surface area contributed by atoms with E-state index in [4.69, 9.17) is 0 Å². The Bertz CT molecular complexity index is 509. The summed E-state index contributed by atoms with van der Waals surface area (Å²) in [5.74, 6) is 0. The first kappa shape index (κ1) is 37.6. The van der Waals surface area contributed by atoms with Crippen molar-refractivity contribution >= 4 is 0 Å². The van der Waals surface area contributed by atoms with Crippen LogP contribution in [0.3, 0.4) is 0 Å². The van der Waals surface area contributed by atoms with Gasteiger partial charge < -0.3 is 9.47 Å². The number of pyridine rings is 1. The molecule has 190 valence electrons. The maximum atomic E-state index is 3.96. The molecule has 0 fully saturated rings. The average molecular weight is 451 g/mol. The van der Waals surface area contributed by atoms with Gasteiger partial charge in [-0.1, -0.05) is 87.6 Å². The van der Waals surface area contributed by atoms with Crippen molar-refractivity contribution in [2.45, 2.75) is 114 Å². The van der Waals surface area contributed by atoms with Gasteiger partial charge in [0, 0.05) is 31.3 Å². The van der Waals surface area contributed by atoms with Gasteiger partial charge in [-0.3, -0.25) is 4.98 Å². The fourth-order valence-corrected chi connectivity index (χ4v) is 2.56. The molecule has 0 aliphatic heterocycles. The van der Waals surface area contributed by atoms with E-state index in [1.165, 1.54) is 63.6 Å². The van der Waals surface area contributed by atoms with Gasteiger partial charge >= 0.3 is 0 Å². The van der Waals surface area contributed by atoms with E-state index in [2.05, 4.69) is 69.5 Å². The lowest BCUT2D eigenvalue weighted by atomic mass is 10.2. The Hall–Kier alpha value is -1.68. The van der Waals surface area contributed by atoms with Crippen LogP contribution in [0.2, 0.25) is 0 Å². The van der Waals surface area contributed by atoms with E-state index in [-0.39, 0.29) is 14.9 Å². The Morgan fingerprint density at radius 2 is 1.44 bits per heavy atom. The van der Waals surface area contributed by atoms with Crippen LogP contribution in [0.1, 0.15) is 107 Å². The van der Waals surface area contributed by atoms with Crippen LogP contribution in [0.25, 0.3) is 0 Å². The molecule has 0 spiro atoms. The minimum Gasteiger partial charge on any atom is -0.338 e. The van der Waals surface area contributed by atoms with Gasteiger partial charge in [-0.25, -0.2) is 4.98 Å². The highest BCUT2D eigenvalue weighted by Crippen LogP contribution is 1.96. The number of hydrogen-bond acceptors (Lipinski definition) is 3. The molecule has 0 atom stereocenters. The summed E-state index contributed by atoms with van der Waals surface area (Å²) in [5, 5.41) is 0. The zero-order valence-corrected chi connectivity index (χ0v) is 21.1. The summed E-state index contributed by atoms with van der Waals surface area (Å²) in [6, 6.07) is 4.03. The summed E-state index contributed by atoms with van der Waals surface area (Å²) in [6.45, 7) is 16.7. The number of aryl methyl sites for hydroxylation is 2. The standard InChI is InChI=1S/C9H21N.C7H9N.C5H8N2.C5H12.2CH4/c1-4-6-7-9-10(3)8-5-2;1-2-7-4-3-5-8-6-7;1-2-7-4-3-6-5-7;1-3-5-4-2;;/h4-9H2,1-3H3;3-6H,2H2,1H3;3-5H,2H2,1H3;3-5H2,1-2H3;2*1H4. The number of hydrogen-bond donors (Lipinski definition) is 0. The van der Waals surface area contributed by atoms with Gasteiger partial charge in [-0.2, -0.15) is 0 Å². The lowest BCUT2D eigenvalue weighted by Gasteiger charge is -2.14. The summed E-state index contributed by atoms with van der Waals surface area (Å²) in [4.78, 5) is 10.2. The maximum absolute atomic E-state index is 3.96. The number of unbranched alkanes of at least 4 members (excludes halogenated alkanes) is 4. The first-order valence-electron chi connectivity index (χ1n) is 12.1. The Morgan fingerprint density at radius 3 is 1.75 bits per heavy atom. The van der Waals surface area contributed by atoms with Crippen molar-refractivity contribution in [1.82, 2.24) is 19.4 Å². The molecule has 0 N–H and O–H groups in total. The smallest absolute Gasteiger partial charge is 0.0945 e. The van der Waals surface area contributed by atoms with Crippen molar-refractivity contribution in [2.75, 3.05) is 20.1 Å². The third-order valence-corrected chi connectivity index (χ3v) is 4.51. The molecule has 4 heteroatoms. The van der Waals surface area contributed by atoms with Crippen LogP contribution in [-0.4, -0.2) is 39.6 Å². The Balaban J connectivity index is -0.000000164. The molecular weight excluding hydrogens is 392 g/mol. The highest BCUT2D eigenvalue weighted by molar-refractivity contribution is 5.07. The SMILES string of the molecule is C.C.CCCCC.CCCCCN(C)CCC.CCc1cccnc1.CCn1ccnc1. The van der Waals surface area contributed by atoms with Crippen LogP contribution < -0.4 is 0 Å². The predicted molar refractivity (Wildman–Crippen MR) is 147 cm³/mol. The molecule has 2 heterocycles. The van der Waals surface area contributed by atoms with Gasteiger partial charge in [0.05, 0.1) is 6.33 Å². The largest absolute Gasteiger partial charge is 0.338 e. The van der Waals surface area contributed by atoms with Crippen LogP contribution in [0.15, 0.2) is 43.2 Å². The summed E-state index contributed by atoms with van der Waals surface area (Å²) in [5.41, 5.74) is 1.30. The lowest BCUT2D eigenvalue weighted by molar-refractivity contribution is 0.326. The zero-order valence-electron chi connectivity index (χ0n) is 21.1. The van der Waals surface area contributed by atoms with Gasteiger partial charge in [0.15, 0.2) is 0 Å². The lowest BCUT2D eigenvalue weighted by Crippen LogP contribution is -2.20. The van der Waals surface area contributed by atoms with Crippen LogP contribution >= 0.6 is 0 Å². The topological polar surface area (TPSA) is 34.0 Å². The van der Waals surface area contributed by atoms with Crippen molar-refractivity contribution in [3.8, 4) is 0 Å². The molecule has 2 aromatic rings. The molecule has 0 saturated heterocycles. The average Bonchev–Trinajstić information content (AvgIpc) is 3.31. The Kier molecular flexibility index (Phi) is 37.0. The molecule has 0 aromatic carbocycles. The number of rotatable bonds is 10. The van der Waals surface area contributed by atoms with Gasteiger partial charge in [0.25, 0.3) is 0 Å². The molecule has 0 amide bonds. The van der Waals surface area contributed by atoms with E-state index >= 15 is 0 Å². The minimum atomic E-state index is 0. The molecule has 0 unspecified atom stereocenters. The van der Waals surface area contributed by atoms with E-state index in [1.54, 1.807) is 18.7 Å². The maximum Gasteiger partial charge on any atom is 0.0945 e. The summed E-state index contributed by atoms with van der Waals surface area (Å²) >= 11 is 0. The van der Waals surface area contributed by atoms with E-state index in [1.807, 2.05) is 23.0 Å². The van der Waals surface area contributed by atoms with Crippen molar-refractivity contribution in [1.29, 1.82) is 0 Å². The second kappa shape index (κ2) is 31.5. The van der Waals surface area contributed by atoms with E-state index in [0.717, 1.165) is 13.0 Å². The monoisotopic (exact) mass is 450 g/mol. The fourth-order valence-electron chi connectivity index (χ4n) is 2.56. The van der Waals surface area contributed by atoms with E-state index < -0.39 is 0 Å². The van der Waals surface area contributed by atoms with Gasteiger partial charge in [-0.15, -0.1) is 0 Å². The normalized spacial score (nSPS) is 9.00. The molecule has 4 nitrogen and oxygen atoms in total. The molecule has 0 saturated carbocycles. The van der Waals surface area contributed by atoms with E-state index in [9.17, 15) is 0 Å². The Labute approximate surface area is 202 Å². The predicted octanol–water partition coefficient (Wildman–Crippen LogP) is 8.53. The highest BCUT2D eigenvalue weighted by atomic mass is 15.1. The van der Waals surface area contributed by atoms with Gasteiger partial charge in [0.2, 0.25) is 0 Å². The summed E-state index contributed by atoms with van der Waals surface area (Å²) in [6.07, 6.45) is 19.7. The molecule has 0 aliphatic carbocycles. The van der Waals surface area contributed by atoms with Crippen molar-refractivity contribution in [2.24, 2.45) is 0 Å². The number of imidazole rings is 1.